The molecule has 0 spiro atoms. The lowest BCUT2D eigenvalue weighted by Crippen LogP contribution is -2.43. The van der Waals surface area contributed by atoms with Gasteiger partial charge in [-0.2, -0.15) is 0 Å². The summed E-state index contributed by atoms with van der Waals surface area (Å²) in [6, 6.07) is 26.9. The largest absolute Gasteiger partial charge is 0.0822 e. The molecule has 0 nitrogen and oxygen atoms in total. The Bertz CT molecular complexity index is 1320. The maximum atomic E-state index is 2.54. The fraction of sp³-hybridized carbons (Fsp3) is 0.133. The van der Waals surface area contributed by atoms with E-state index in [2.05, 4.69) is 112 Å². The predicted octanol–water partition coefficient (Wildman–Crippen LogP) is 8.16. The Morgan fingerprint density at radius 3 is 1.39 bits per heavy atom. The Morgan fingerprint density at radius 2 is 0.935 bits per heavy atom. The van der Waals surface area contributed by atoms with Gasteiger partial charge in [0.15, 0.2) is 0 Å². The Morgan fingerprint density at radius 1 is 0.516 bits per heavy atom. The van der Waals surface area contributed by atoms with Crippen LogP contribution < -0.4 is 0 Å². The predicted molar refractivity (Wildman–Crippen MR) is 137 cm³/mol. The van der Waals surface area contributed by atoms with E-state index in [4.69, 9.17) is 0 Å². The van der Waals surface area contributed by atoms with Gasteiger partial charge in [-0.25, -0.2) is 0 Å². The van der Waals surface area contributed by atoms with Gasteiger partial charge in [-0.1, -0.05) is 109 Å². The van der Waals surface area contributed by atoms with E-state index in [1.165, 1.54) is 54.9 Å². The Kier molecular flexibility index (Phi) is 3.98. The second kappa shape index (κ2) is 6.55. The van der Waals surface area contributed by atoms with Gasteiger partial charge in [0.25, 0.3) is 0 Å². The van der Waals surface area contributed by atoms with Crippen LogP contribution in [0.2, 0.25) is 13.1 Å². The minimum atomic E-state index is -1.94. The molecule has 0 aliphatic heterocycles. The Hall–Kier alpha value is -2.90. The first kappa shape index (κ1) is 18.8. The molecule has 2 aliphatic carbocycles. The zero-order valence-corrected chi connectivity index (χ0v) is 19.6. The van der Waals surface area contributed by atoms with Gasteiger partial charge >= 0.3 is 0 Å². The average molecular weight is 415 g/mol. The molecule has 0 fully saturated rings. The van der Waals surface area contributed by atoms with E-state index in [1.807, 2.05) is 0 Å². The second-order valence-electron chi connectivity index (χ2n) is 9.53. The van der Waals surface area contributed by atoms with E-state index in [0.717, 1.165) is 0 Å². The number of allylic oxidation sites excluding steroid dienone is 2. The molecule has 0 heterocycles. The van der Waals surface area contributed by atoms with E-state index in [-0.39, 0.29) is 0 Å². The molecule has 150 valence electrons. The highest BCUT2D eigenvalue weighted by Crippen LogP contribution is 2.52. The van der Waals surface area contributed by atoms with Crippen LogP contribution >= 0.6 is 0 Å². The molecule has 31 heavy (non-hydrogen) atoms. The van der Waals surface area contributed by atoms with Crippen LogP contribution in [0.1, 0.15) is 36.1 Å². The molecule has 4 aromatic carbocycles. The van der Waals surface area contributed by atoms with Crippen molar-refractivity contribution in [3.8, 4) is 0 Å². The van der Waals surface area contributed by atoms with E-state index < -0.39 is 8.07 Å². The summed E-state index contributed by atoms with van der Waals surface area (Å²) in [5.74, 6) is 0. The van der Waals surface area contributed by atoms with Crippen molar-refractivity contribution in [3.05, 3.63) is 117 Å². The molecule has 0 saturated heterocycles. The van der Waals surface area contributed by atoms with Gasteiger partial charge in [-0.05, 0) is 57.6 Å². The highest BCUT2D eigenvalue weighted by atomic mass is 28.3. The normalized spacial score (nSPS) is 16.5. The van der Waals surface area contributed by atoms with Crippen LogP contribution in [0.3, 0.4) is 0 Å². The number of hydrogen-bond donors (Lipinski definition) is 0. The smallest absolute Gasteiger partial charge is 0.0673 e. The first-order valence-corrected chi connectivity index (χ1v) is 14.1. The summed E-state index contributed by atoms with van der Waals surface area (Å²) in [7, 11) is -1.94. The van der Waals surface area contributed by atoms with E-state index in [1.54, 1.807) is 11.1 Å². The third kappa shape index (κ3) is 2.60. The zero-order chi connectivity index (χ0) is 21.3. The minimum Gasteiger partial charge on any atom is -0.0673 e. The molecule has 0 unspecified atom stereocenters. The zero-order valence-electron chi connectivity index (χ0n) is 18.6. The van der Waals surface area contributed by atoms with Gasteiger partial charge in [0, 0.05) is 11.1 Å². The van der Waals surface area contributed by atoms with E-state index in [0.29, 0.717) is 0 Å². The Labute approximate surface area is 185 Å². The lowest BCUT2D eigenvalue weighted by Gasteiger charge is -2.38. The highest BCUT2D eigenvalue weighted by Gasteiger charge is 2.47. The number of benzene rings is 4. The molecule has 2 radical (unpaired) electrons. The SMILES string of the molecule is CC1=Cc2c(ccc3ccccc23)[C]1[Si](C)(C)[C]1C(C)=Cc2c1ccc1ccccc21. The van der Waals surface area contributed by atoms with Crippen molar-refractivity contribution in [2.24, 2.45) is 0 Å². The van der Waals surface area contributed by atoms with Crippen LogP contribution in [0.25, 0.3) is 33.7 Å². The summed E-state index contributed by atoms with van der Waals surface area (Å²) < 4.78 is 0. The first-order chi connectivity index (χ1) is 15.0. The molecule has 2 aliphatic rings. The molecular weight excluding hydrogens is 388 g/mol. The minimum absolute atomic E-state index is 1.33. The monoisotopic (exact) mass is 414 g/mol. The van der Waals surface area contributed by atoms with Crippen LogP contribution in [-0.4, -0.2) is 8.07 Å². The maximum absolute atomic E-state index is 2.54. The maximum Gasteiger partial charge on any atom is 0.0822 e. The van der Waals surface area contributed by atoms with Crippen LogP contribution in [0.5, 0.6) is 0 Å². The van der Waals surface area contributed by atoms with Gasteiger partial charge in [0.05, 0.1) is 8.07 Å². The van der Waals surface area contributed by atoms with Crippen LogP contribution in [0.15, 0.2) is 83.9 Å². The van der Waals surface area contributed by atoms with Crippen molar-refractivity contribution in [2.75, 3.05) is 0 Å². The summed E-state index contributed by atoms with van der Waals surface area (Å²) in [5, 5.41) is 5.39. The third-order valence-electron chi connectivity index (χ3n) is 7.24. The summed E-state index contributed by atoms with van der Waals surface area (Å²) in [6.07, 6.45) is 4.86. The number of hydrogen-bond acceptors (Lipinski definition) is 0. The topological polar surface area (TPSA) is 0 Å². The molecule has 0 aromatic heterocycles. The summed E-state index contributed by atoms with van der Waals surface area (Å²) in [6.45, 7) is 9.71. The lowest BCUT2D eigenvalue weighted by atomic mass is 10.0. The van der Waals surface area contributed by atoms with Gasteiger partial charge in [0.2, 0.25) is 0 Å². The van der Waals surface area contributed by atoms with Crippen LogP contribution in [0, 0.1) is 11.1 Å². The van der Waals surface area contributed by atoms with Gasteiger partial charge < -0.3 is 0 Å². The molecule has 4 aromatic rings. The Balaban J connectivity index is 1.52. The molecule has 0 bridgehead atoms. The quantitative estimate of drug-likeness (QED) is 0.290. The third-order valence-corrected chi connectivity index (χ3v) is 11.1. The molecule has 0 saturated carbocycles. The van der Waals surface area contributed by atoms with Crippen molar-refractivity contribution in [1.29, 1.82) is 0 Å². The van der Waals surface area contributed by atoms with Crippen molar-refractivity contribution < 1.29 is 0 Å². The van der Waals surface area contributed by atoms with Crippen LogP contribution in [0.4, 0.5) is 0 Å². The standard InChI is InChI=1S/C30H26Si/c1-19-17-27-23-11-7-5-9-21(23)13-15-25(27)29(19)31(3,4)30-20(2)18-28-24-12-8-6-10-22(24)14-16-26(28)30/h5-18H,1-4H3. The highest BCUT2D eigenvalue weighted by molar-refractivity contribution is 6.91. The van der Waals surface area contributed by atoms with E-state index >= 15 is 0 Å². The lowest BCUT2D eigenvalue weighted by molar-refractivity contribution is 1.25. The summed E-state index contributed by atoms with van der Waals surface area (Å²) in [5.41, 5.74) is 11.8. The molecule has 0 amide bonds. The molecule has 0 N–H and O–H groups in total. The van der Waals surface area contributed by atoms with Crippen molar-refractivity contribution >= 4 is 41.8 Å². The van der Waals surface area contributed by atoms with Crippen molar-refractivity contribution in [3.63, 3.8) is 0 Å². The molecular formula is C30H26Si. The van der Waals surface area contributed by atoms with Gasteiger partial charge in [-0.3, -0.25) is 0 Å². The summed E-state index contributed by atoms with van der Waals surface area (Å²) in [4.78, 5) is 0. The van der Waals surface area contributed by atoms with Crippen molar-refractivity contribution in [1.82, 2.24) is 0 Å². The number of rotatable bonds is 2. The first-order valence-electron chi connectivity index (χ1n) is 11.1. The molecule has 6 rings (SSSR count). The van der Waals surface area contributed by atoms with Gasteiger partial charge in [0.1, 0.15) is 0 Å². The molecule has 1 heteroatoms. The summed E-state index contributed by atoms with van der Waals surface area (Å²) >= 11 is 0. The second-order valence-corrected chi connectivity index (χ2v) is 13.8. The fourth-order valence-corrected chi connectivity index (χ4v) is 10.3. The number of fused-ring (bicyclic) bond motifs is 6. The van der Waals surface area contributed by atoms with Crippen LogP contribution in [-0.2, 0) is 0 Å². The van der Waals surface area contributed by atoms with E-state index in [9.17, 15) is 0 Å². The van der Waals surface area contributed by atoms with Crippen molar-refractivity contribution in [2.45, 2.75) is 26.9 Å². The molecule has 0 atom stereocenters. The van der Waals surface area contributed by atoms with Gasteiger partial charge in [-0.15, -0.1) is 0 Å². The average Bonchev–Trinajstić information content (AvgIpc) is 3.30. The fourth-order valence-electron chi connectivity index (χ4n) is 6.12.